The first-order valence-corrected chi connectivity index (χ1v) is 8.34. The number of rotatable bonds is 3. The summed E-state index contributed by atoms with van der Waals surface area (Å²) in [6.07, 6.45) is 2.59. The van der Waals surface area contributed by atoms with Crippen molar-refractivity contribution < 1.29 is 9.13 Å². The van der Waals surface area contributed by atoms with Crippen LogP contribution in [0.1, 0.15) is 29.0 Å². The van der Waals surface area contributed by atoms with Crippen LogP contribution in [0.25, 0.3) is 0 Å². The van der Waals surface area contributed by atoms with E-state index in [9.17, 15) is 4.39 Å². The van der Waals surface area contributed by atoms with Gasteiger partial charge < -0.3 is 10.1 Å². The number of fused-ring (bicyclic) bond motifs is 1. The molecule has 1 atom stereocenters. The number of halogens is 1. The Morgan fingerprint density at radius 1 is 1.08 bits per heavy atom. The van der Waals surface area contributed by atoms with E-state index in [1.165, 1.54) is 23.3 Å². The largest absolute Gasteiger partial charge is 0.438 e. The lowest BCUT2D eigenvalue weighted by Gasteiger charge is -2.18. The summed E-state index contributed by atoms with van der Waals surface area (Å²) >= 11 is 0. The quantitative estimate of drug-likeness (QED) is 0.785. The Bertz CT molecular complexity index is 853. The van der Waals surface area contributed by atoms with E-state index in [1.807, 2.05) is 24.3 Å². The normalized spacial score (nSPS) is 16.8. The van der Waals surface area contributed by atoms with Crippen molar-refractivity contribution in [3.8, 4) is 11.6 Å². The Morgan fingerprint density at radius 2 is 1.96 bits per heavy atom. The second-order valence-corrected chi connectivity index (χ2v) is 6.09. The Balaban J connectivity index is 1.66. The Morgan fingerprint density at radius 3 is 2.76 bits per heavy atom. The SMILES string of the molecule is Fc1ccc(C2CCNCc3cc(Oc4cccnn4)ccc32)cc1. The summed E-state index contributed by atoms with van der Waals surface area (Å²) in [5.74, 6) is 1.25. The molecular weight excluding hydrogens is 317 g/mol. The molecule has 4 rings (SSSR count). The van der Waals surface area contributed by atoms with Crippen LogP contribution in [-0.2, 0) is 6.54 Å². The zero-order chi connectivity index (χ0) is 17.1. The number of hydrogen-bond donors (Lipinski definition) is 1. The molecule has 0 saturated heterocycles. The van der Waals surface area contributed by atoms with E-state index in [1.54, 1.807) is 18.3 Å². The maximum absolute atomic E-state index is 13.3. The highest BCUT2D eigenvalue weighted by Gasteiger charge is 2.21. The molecule has 0 spiro atoms. The average Bonchev–Trinajstić information content (AvgIpc) is 2.85. The van der Waals surface area contributed by atoms with Crippen LogP contribution >= 0.6 is 0 Å². The van der Waals surface area contributed by atoms with Gasteiger partial charge in [-0.2, -0.15) is 5.10 Å². The summed E-state index contributed by atoms with van der Waals surface area (Å²) < 4.78 is 19.0. The van der Waals surface area contributed by atoms with Gasteiger partial charge in [0.1, 0.15) is 11.6 Å². The van der Waals surface area contributed by atoms with Crippen molar-refractivity contribution in [2.75, 3.05) is 6.54 Å². The Labute approximate surface area is 145 Å². The van der Waals surface area contributed by atoms with Crippen molar-refractivity contribution in [2.24, 2.45) is 0 Å². The van der Waals surface area contributed by atoms with Crippen molar-refractivity contribution in [1.29, 1.82) is 0 Å². The Kier molecular flexibility index (Phi) is 4.39. The maximum Gasteiger partial charge on any atom is 0.238 e. The average molecular weight is 335 g/mol. The van der Waals surface area contributed by atoms with Gasteiger partial charge in [-0.3, -0.25) is 0 Å². The first kappa shape index (κ1) is 15.7. The molecule has 0 amide bonds. The fourth-order valence-electron chi connectivity index (χ4n) is 3.27. The molecule has 0 bridgehead atoms. The third kappa shape index (κ3) is 3.51. The molecule has 5 heteroatoms. The molecular formula is C20H18FN3O. The van der Waals surface area contributed by atoms with E-state index in [4.69, 9.17) is 4.74 Å². The summed E-state index contributed by atoms with van der Waals surface area (Å²) in [6.45, 7) is 1.70. The molecule has 1 aliphatic heterocycles. The van der Waals surface area contributed by atoms with Crippen LogP contribution in [-0.4, -0.2) is 16.7 Å². The summed E-state index contributed by atoms with van der Waals surface area (Å²) in [7, 11) is 0. The van der Waals surface area contributed by atoms with Crippen LogP contribution < -0.4 is 10.1 Å². The second kappa shape index (κ2) is 6.99. The van der Waals surface area contributed by atoms with Gasteiger partial charge in [0, 0.05) is 24.7 Å². The molecule has 1 N–H and O–H groups in total. The van der Waals surface area contributed by atoms with Crippen molar-refractivity contribution in [3.63, 3.8) is 0 Å². The van der Waals surface area contributed by atoms with Gasteiger partial charge in [0.15, 0.2) is 0 Å². The molecule has 1 aliphatic rings. The van der Waals surface area contributed by atoms with Crippen molar-refractivity contribution in [1.82, 2.24) is 15.5 Å². The fraction of sp³-hybridized carbons (Fsp3) is 0.200. The highest BCUT2D eigenvalue weighted by Crippen LogP contribution is 2.34. The summed E-state index contributed by atoms with van der Waals surface area (Å²) in [5.41, 5.74) is 3.57. The molecule has 0 aliphatic carbocycles. The van der Waals surface area contributed by atoms with Gasteiger partial charge in [-0.1, -0.05) is 18.2 Å². The van der Waals surface area contributed by atoms with Crippen LogP contribution in [0.4, 0.5) is 4.39 Å². The highest BCUT2D eigenvalue weighted by atomic mass is 19.1. The van der Waals surface area contributed by atoms with E-state index < -0.39 is 0 Å². The molecule has 0 fully saturated rings. The van der Waals surface area contributed by atoms with Gasteiger partial charge in [-0.25, -0.2) is 4.39 Å². The third-order valence-electron chi connectivity index (χ3n) is 4.46. The van der Waals surface area contributed by atoms with Crippen molar-refractivity contribution in [2.45, 2.75) is 18.9 Å². The summed E-state index contributed by atoms with van der Waals surface area (Å²) in [6, 6.07) is 16.5. The third-order valence-corrected chi connectivity index (χ3v) is 4.46. The molecule has 0 radical (unpaired) electrons. The molecule has 2 aromatic carbocycles. The zero-order valence-corrected chi connectivity index (χ0v) is 13.7. The van der Waals surface area contributed by atoms with Gasteiger partial charge in [0.05, 0.1) is 0 Å². The van der Waals surface area contributed by atoms with Crippen molar-refractivity contribution >= 4 is 0 Å². The van der Waals surface area contributed by atoms with Crippen LogP contribution in [0.15, 0.2) is 60.8 Å². The molecule has 126 valence electrons. The highest BCUT2D eigenvalue weighted by molar-refractivity contribution is 5.43. The molecule has 4 nitrogen and oxygen atoms in total. The van der Waals surface area contributed by atoms with Crippen LogP contribution in [0.2, 0.25) is 0 Å². The minimum atomic E-state index is -0.205. The standard InChI is InChI=1S/C20H18FN3O/c21-16-5-3-14(4-6-16)19-9-11-22-13-15-12-17(7-8-18(15)19)25-20-2-1-10-23-24-20/h1-8,10,12,19,22H,9,11,13H2. The van der Waals surface area contributed by atoms with E-state index in [0.29, 0.717) is 5.88 Å². The molecule has 2 heterocycles. The fourth-order valence-corrected chi connectivity index (χ4v) is 3.27. The minimum Gasteiger partial charge on any atom is -0.438 e. The van der Waals surface area contributed by atoms with Crippen molar-refractivity contribution in [3.05, 3.63) is 83.3 Å². The van der Waals surface area contributed by atoms with Gasteiger partial charge >= 0.3 is 0 Å². The number of aromatic nitrogens is 2. The van der Waals surface area contributed by atoms with E-state index in [2.05, 4.69) is 21.6 Å². The first-order chi connectivity index (χ1) is 12.3. The molecule has 1 unspecified atom stereocenters. The van der Waals surface area contributed by atoms with Crippen LogP contribution in [0.3, 0.4) is 0 Å². The smallest absolute Gasteiger partial charge is 0.238 e. The summed E-state index contributed by atoms with van der Waals surface area (Å²) in [5, 5.41) is 11.2. The Hall–Kier alpha value is -2.79. The topological polar surface area (TPSA) is 47.0 Å². The van der Waals surface area contributed by atoms with Gasteiger partial charge in [0.25, 0.3) is 0 Å². The second-order valence-electron chi connectivity index (χ2n) is 6.09. The van der Waals surface area contributed by atoms with Gasteiger partial charge in [0.2, 0.25) is 5.88 Å². The predicted octanol–water partition coefficient (Wildman–Crippen LogP) is 4.03. The maximum atomic E-state index is 13.3. The number of nitrogens with one attached hydrogen (secondary N) is 1. The first-order valence-electron chi connectivity index (χ1n) is 8.34. The van der Waals surface area contributed by atoms with Crippen LogP contribution in [0.5, 0.6) is 11.6 Å². The van der Waals surface area contributed by atoms with Gasteiger partial charge in [-0.15, -0.1) is 5.10 Å². The summed E-state index contributed by atoms with van der Waals surface area (Å²) in [4.78, 5) is 0. The van der Waals surface area contributed by atoms with E-state index >= 15 is 0 Å². The lowest BCUT2D eigenvalue weighted by atomic mass is 9.86. The molecule has 3 aromatic rings. The molecule has 25 heavy (non-hydrogen) atoms. The van der Waals surface area contributed by atoms with E-state index in [0.717, 1.165) is 30.8 Å². The van der Waals surface area contributed by atoms with Crippen LogP contribution in [0, 0.1) is 5.82 Å². The number of benzene rings is 2. The lowest BCUT2D eigenvalue weighted by molar-refractivity contribution is 0.454. The van der Waals surface area contributed by atoms with E-state index in [-0.39, 0.29) is 11.7 Å². The van der Waals surface area contributed by atoms with Gasteiger partial charge in [-0.05, 0) is 60.0 Å². The molecule has 1 aromatic heterocycles. The number of nitrogens with zero attached hydrogens (tertiary/aromatic N) is 2. The zero-order valence-electron chi connectivity index (χ0n) is 13.7. The monoisotopic (exact) mass is 335 g/mol. The number of ether oxygens (including phenoxy) is 1. The molecule has 0 saturated carbocycles. The lowest BCUT2D eigenvalue weighted by Crippen LogP contribution is -2.12. The number of hydrogen-bond acceptors (Lipinski definition) is 4. The minimum absolute atomic E-state index is 0.205. The predicted molar refractivity (Wildman–Crippen MR) is 93.1 cm³/mol.